The molecule has 12 heavy (non-hydrogen) atoms. The minimum absolute atomic E-state index is 0.0451. The lowest BCUT2D eigenvalue weighted by atomic mass is 9.98. The Balaban J connectivity index is 3.74. The van der Waals surface area contributed by atoms with E-state index in [1.807, 2.05) is 6.92 Å². The minimum atomic E-state index is 0.0451. The summed E-state index contributed by atoms with van der Waals surface area (Å²) in [6, 6.07) is 0. The van der Waals surface area contributed by atoms with Gasteiger partial charge in [0.25, 0.3) is 0 Å². The first-order chi connectivity index (χ1) is 5.76. The molecule has 0 amide bonds. The highest BCUT2D eigenvalue weighted by molar-refractivity contribution is 5.81. The normalized spacial score (nSPS) is 11.6. The van der Waals surface area contributed by atoms with Crippen LogP contribution in [0, 0.1) is 17.8 Å². The lowest BCUT2D eigenvalue weighted by Gasteiger charge is -2.08. The van der Waals surface area contributed by atoms with Crippen molar-refractivity contribution in [2.45, 2.75) is 33.1 Å². The van der Waals surface area contributed by atoms with E-state index in [4.69, 9.17) is 5.73 Å². The Kier molecular flexibility index (Phi) is 6.41. The number of nitrogens with two attached hydrogens (primary N) is 1. The molecule has 0 bridgehead atoms. The Bertz CT molecular complexity index is 184. The van der Waals surface area contributed by atoms with E-state index in [0.29, 0.717) is 19.4 Å². The Hall–Kier alpha value is -0.810. The van der Waals surface area contributed by atoms with Gasteiger partial charge in [-0.05, 0) is 13.3 Å². The third-order valence-electron chi connectivity index (χ3n) is 1.91. The predicted octanol–water partition coefficient (Wildman–Crippen LogP) is 1.34. The Labute approximate surface area is 74.5 Å². The number of carbonyl (C=O) groups excluding carboxylic acids is 1. The highest BCUT2D eigenvalue weighted by Gasteiger charge is 2.12. The maximum atomic E-state index is 11.3. The SMILES string of the molecule is CC#CCCC(=O)C(CC)CN. The molecule has 2 heteroatoms. The van der Waals surface area contributed by atoms with Crippen LogP contribution in [0.2, 0.25) is 0 Å². The van der Waals surface area contributed by atoms with Gasteiger partial charge < -0.3 is 5.73 Å². The molecule has 0 aliphatic heterocycles. The van der Waals surface area contributed by atoms with Crippen molar-refractivity contribution in [1.29, 1.82) is 0 Å². The molecule has 0 aliphatic carbocycles. The van der Waals surface area contributed by atoms with Crippen molar-refractivity contribution < 1.29 is 4.79 Å². The van der Waals surface area contributed by atoms with E-state index in [1.165, 1.54) is 0 Å². The second kappa shape index (κ2) is 6.87. The summed E-state index contributed by atoms with van der Waals surface area (Å²) in [5.74, 6) is 5.93. The summed E-state index contributed by atoms with van der Waals surface area (Å²) in [5, 5.41) is 0. The van der Waals surface area contributed by atoms with Gasteiger partial charge >= 0.3 is 0 Å². The van der Waals surface area contributed by atoms with Gasteiger partial charge in [-0.15, -0.1) is 11.8 Å². The van der Waals surface area contributed by atoms with Crippen LogP contribution in [0.4, 0.5) is 0 Å². The molecule has 0 heterocycles. The fraction of sp³-hybridized carbons (Fsp3) is 0.700. The zero-order valence-corrected chi connectivity index (χ0v) is 7.89. The number of Topliss-reactive ketones (excluding diaryl/α,β-unsaturated/α-hetero) is 1. The molecule has 0 rings (SSSR count). The van der Waals surface area contributed by atoms with Crippen molar-refractivity contribution in [3.8, 4) is 11.8 Å². The highest BCUT2D eigenvalue weighted by atomic mass is 16.1. The van der Waals surface area contributed by atoms with Gasteiger partial charge in [0.15, 0.2) is 0 Å². The maximum Gasteiger partial charge on any atom is 0.138 e. The van der Waals surface area contributed by atoms with Gasteiger partial charge in [-0.3, -0.25) is 4.79 Å². The van der Waals surface area contributed by atoms with Crippen LogP contribution in [0.1, 0.15) is 33.1 Å². The van der Waals surface area contributed by atoms with Crippen LogP contribution in [0.3, 0.4) is 0 Å². The van der Waals surface area contributed by atoms with E-state index >= 15 is 0 Å². The third kappa shape index (κ3) is 4.15. The van der Waals surface area contributed by atoms with Crippen LogP contribution in [0.15, 0.2) is 0 Å². The Morgan fingerprint density at radius 1 is 1.58 bits per heavy atom. The number of hydrogen-bond acceptors (Lipinski definition) is 2. The molecule has 1 unspecified atom stereocenters. The van der Waals surface area contributed by atoms with E-state index in [-0.39, 0.29) is 11.7 Å². The Morgan fingerprint density at radius 2 is 2.25 bits per heavy atom. The van der Waals surface area contributed by atoms with Gasteiger partial charge in [0.2, 0.25) is 0 Å². The molecule has 68 valence electrons. The van der Waals surface area contributed by atoms with Gasteiger partial charge in [-0.25, -0.2) is 0 Å². The molecule has 0 radical (unpaired) electrons. The van der Waals surface area contributed by atoms with Crippen LogP contribution >= 0.6 is 0 Å². The quantitative estimate of drug-likeness (QED) is 0.628. The topological polar surface area (TPSA) is 43.1 Å². The third-order valence-corrected chi connectivity index (χ3v) is 1.91. The van der Waals surface area contributed by atoms with Gasteiger partial charge in [0.1, 0.15) is 5.78 Å². The van der Waals surface area contributed by atoms with Crippen molar-refractivity contribution in [1.82, 2.24) is 0 Å². The fourth-order valence-electron chi connectivity index (χ4n) is 1.04. The summed E-state index contributed by atoms with van der Waals surface area (Å²) in [4.78, 5) is 11.3. The molecule has 1 atom stereocenters. The molecule has 2 N–H and O–H groups in total. The first-order valence-electron chi connectivity index (χ1n) is 4.38. The summed E-state index contributed by atoms with van der Waals surface area (Å²) >= 11 is 0. The zero-order chi connectivity index (χ0) is 9.40. The maximum absolute atomic E-state index is 11.3. The molecule has 0 aromatic heterocycles. The molecule has 0 fully saturated rings. The molecular weight excluding hydrogens is 150 g/mol. The van der Waals surface area contributed by atoms with Crippen molar-refractivity contribution >= 4 is 5.78 Å². The average Bonchev–Trinajstić information content (AvgIpc) is 2.07. The van der Waals surface area contributed by atoms with Crippen LogP contribution in [0.5, 0.6) is 0 Å². The van der Waals surface area contributed by atoms with Crippen molar-refractivity contribution in [2.24, 2.45) is 11.7 Å². The molecule has 0 aromatic carbocycles. The molecule has 0 saturated carbocycles. The smallest absolute Gasteiger partial charge is 0.138 e. The number of ketones is 1. The lowest BCUT2D eigenvalue weighted by Crippen LogP contribution is -2.22. The molecule has 0 spiro atoms. The van der Waals surface area contributed by atoms with Crippen molar-refractivity contribution in [3.05, 3.63) is 0 Å². The average molecular weight is 167 g/mol. The number of carbonyl (C=O) groups is 1. The van der Waals surface area contributed by atoms with Crippen molar-refractivity contribution in [2.75, 3.05) is 6.54 Å². The van der Waals surface area contributed by atoms with Crippen LogP contribution in [0.25, 0.3) is 0 Å². The van der Waals surface area contributed by atoms with Crippen molar-refractivity contribution in [3.63, 3.8) is 0 Å². The van der Waals surface area contributed by atoms with E-state index < -0.39 is 0 Å². The van der Waals surface area contributed by atoms with E-state index in [2.05, 4.69) is 11.8 Å². The number of hydrogen-bond donors (Lipinski definition) is 1. The van der Waals surface area contributed by atoms with Gasteiger partial charge in [-0.2, -0.15) is 0 Å². The standard InChI is InChI=1S/C10H17NO/c1-3-5-6-7-10(12)9(4-2)8-11/h9H,4,6-8,11H2,1-2H3. The second-order valence-corrected chi connectivity index (χ2v) is 2.73. The lowest BCUT2D eigenvalue weighted by molar-refractivity contribution is -0.122. The summed E-state index contributed by atoms with van der Waals surface area (Å²) in [6.45, 7) is 4.24. The van der Waals surface area contributed by atoms with E-state index in [1.54, 1.807) is 6.92 Å². The molecule has 2 nitrogen and oxygen atoms in total. The van der Waals surface area contributed by atoms with Crippen LogP contribution < -0.4 is 5.73 Å². The van der Waals surface area contributed by atoms with E-state index in [0.717, 1.165) is 6.42 Å². The molecular formula is C10H17NO. The number of rotatable bonds is 5. The summed E-state index contributed by atoms with van der Waals surface area (Å²) in [7, 11) is 0. The van der Waals surface area contributed by atoms with Gasteiger partial charge in [0.05, 0.1) is 0 Å². The zero-order valence-electron chi connectivity index (χ0n) is 7.89. The highest BCUT2D eigenvalue weighted by Crippen LogP contribution is 2.05. The van der Waals surface area contributed by atoms with Crippen LogP contribution in [-0.4, -0.2) is 12.3 Å². The van der Waals surface area contributed by atoms with Crippen LogP contribution in [-0.2, 0) is 4.79 Å². The van der Waals surface area contributed by atoms with E-state index in [9.17, 15) is 4.79 Å². The fourth-order valence-corrected chi connectivity index (χ4v) is 1.04. The van der Waals surface area contributed by atoms with Gasteiger partial charge in [-0.1, -0.05) is 6.92 Å². The Morgan fingerprint density at radius 3 is 2.67 bits per heavy atom. The summed E-state index contributed by atoms with van der Waals surface area (Å²) in [6.07, 6.45) is 2.07. The molecule has 0 aliphatic rings. The first kappa shape index (κ1) is 11.2. The monoisotopic (exact) mass is 167 g/mol. The molecule has 0 saturated heterocycles. The summed E-state index contributed by atoms with van der Waals surface area (Å²) in [5.41, 5.74) is 5.43. The largest absolute Gasteiger partial charge is 0.330 e. The first-order valence-corrected chi connectivity index (χ1v) is 4.38. The second-order valence-electron chi connectivity index (χ2n) is 2.73. The minimum Gasteiger partial charge on any atom is -0.330 e. The summed E-state index contributed by atoms with van der Waals surface area (Å²) < 4.78 is 0. The molecule has 0 aromatic rings. The predicted molar refractivity (Wildman–Crippen MR) is 50.5 cm³/mol. The van der Waals surface area contributed by atoms with Gasteiger partial charge in [0, 0.05) is 25.3 Å².